The van der Waals surface area contributed by atoms with Gasteiger partial charge in [-0.1, -0.05) is 35.9 Å². The Morgan fingerprint density at radius 3 is 2.37 bits per heavy atom. The van der Waals surface area contributed by atoms with Gasteiger partial charge in [0.25, 0.3) is 11.8 Å². The molecule has 2 aromatic heterocycles. The van der Waals surface area contributed by atoms with Crippen molar-refractivity contribution in [2.24, 2.45) is 7.05 Å². The van der Waals surface area contributed by atoms with Gasteiger partial charge in [0.05, 0.1) is 34.0 Å². The number of imide groups is 1. The zero-order valence-electron chi connectivity index (χ0n) is 40.9. The van der Waals surface area contributed by atoms with Gasteiger partial charge >= 0.3 is 5.97 Å². The van der Waals surface area contributed by atoms with Crippen LogP contribution < -0.4 is 14.8 Å². The summed E-state index contributed by atoms with van der Waals surface area (Å²) < 4.78 is 22.6. The lowest BCUT2D eigenvalue weighted by Gasteiger charge is -2.35. The molecule has 0 bridgehead atoms. The average Bonchev–Trinajstić information content (AvgIpc) is 3.88. The molecule has 4 aliphatic rings. The minimum atomic E-state index is -1.49. The Balaban J connectivity index is 0.934. The third-order valence-corrected chi connectivity index (χ3v) is 14.4. The van der Waals surface area contributed by atoms with Gasteiger partial charge in [-0.25, -0.2) is 4.79 Å². The predicted octanol–water partition coefficient (Wildman–Crippen LogP) is 6.63. The lowest BCUT2D eigenvalue weighted by molar-refractivity contribution is -0.139. The van der Waals surface area contributed by atoms with Gasteiger partial charge in [0.1, 0.15) is 28.8 Å². The summed E-state index contributed by atoms with van der Waals surface area (Å²) in [6, 6.07) is 14.0. The SMILES string of the molecule is Cc1nn(C)c(C)c1-c1c(Cl)ccc2c(CCCOc3cccc4c3CCCC4)c(C(=O)OC(C)(C)C)n(CCN3CCN(C(=O)COc4cccc5c4C(O)N(C4CCC(=O)NC4=O)C5=O)CC3)c12. The zero-order chi connectivity index (χ0) is 49.6. The largest absolute Gasteiger partial charge is 0.493 e. The van der Waals surface area contributed by atoms with Crippen LogP contribution in [0, 0.1) is 13.8 Å². The molecule has 17 heteroatoms. The Morgan fingerprint density at radius 2 is 1.64 bits per heavy atom. The van der Waals surface area contributed by atoms with Gasteiger partial charge in [0.15, 0.2) is 12.8 Å². The maximum atomic E-state index is 14.6. The van der Waals surface area contributed by atoms with Crippen molar-refractivity contribution in [3.8, 4) is 22.6 Å². The summed E-state index contributed by atoms with van der Waals surface area (Å²) in [5.74, 6) is -1.21. The second kappa shape index (κ2) is 19.9. The highest BCUT2D eigenvalue weighted by Crippen LogP contribution is 2.43. The molecule has 0 spiro atoms. The topological polar surface area (TPSA) is 178 Å². The number of halogens is 1. The summed E-state index contributed by atoms with van der Waals surface area (Å²) in [4.78, 5) is 71.2. The summed E-state index contributed by atoms with van der Waals surface area (Å²) in [7, 11) is 1.91. The van der Waals surface area contributed by atoms with Crippen LogP contribution in [0.1, 0.15) is 114 Å². The highest BCUT2D eigenvalue weighted by Gasteiger charge is 2.46. The van der Waals surface area contributed by atoms with Crippen LogP contribution in [0.5, 0.6) is 11.5 Å². The van der Waals surface area contributed by atoms with E-state index in [0.29, 0.717) is 69.4 Å². The number of hydrogen-bond donors (Lipinski definition) is 2. The van der Waals surface area contributed by atoms with Gasteiger partial charge in [-0.2, -0.15) is 5.10 Å². The van der Waals surface area contributed by atoms with E-state index in [1.54, 1.807) is 17.0 Å². The monoisotopic (exact) mass is 975 g/mol. The van der Waals surface area contributed by atoms with Crippen LogP contribution in [0.2, 0.25) is 5.02 Å². The Morgan fingerprint density at radius 1 is 0.900 bits per heavy atom. The number of rotatable bonds is 14. The van der Waals surface area contributed by atoms with Crippen molar-refractivity contribution < 1.29 is 43.3 Å². The number of aliphatic hydroxyl groups is 1. The fraction of sp³-hybridized carbons (Fsp3) is 0.472. The Labute approximate surface area is 412 Å². The molecule has 2 saturated heterocycles. The fourth-order valence-corrected chi connectivity index (χ4v) is 10.9. The standard InChI is InChI=1S/C53H62ClN7O9/c1-31-44(32(2)57(6)56-31)46-38(54)20-19-36-35(16-11-29-68-40-17-9-13-33-12-7-8-14-34(33)40)48(52(67)70-53(3,4)5)60(47(36)46)28-25-58-23-26-59(27-24-58)43(63)30-69-41-18-10-15-37-45(41)51(66)61(50(37)65)39-21-22-42(62)55-49(39)64/h9-10,13,15,17-20,39,51,66H,7-8,11-12,14,16,21-30H2,1-6H3,(H,55,62,64). The minimum Gasteiger partial charge on any atom is -0.493 e. The molecule has 370 valence electrons. The number of ether oxygens (including phenoxy) is 3. The van der Waals surface area contributed by atoms with E-state index in [1.807, 2.05) is 58.5 Å². The minimum absolute atomic E-state index is 0.0419. The van der Waals surface area contributed by atoms with Gasteiger partial charge in [0, 0.05) is 74.9 Å². The number of esters is 1. The molecule has 3 aliphatic heterocycles. The molecule has 0 radical (unpaired) electrons. The van der Waals surface area contributed by atoms with E-state index in [2.05, 4.69) is 33.0 Å². The van der Waals surface area contributed by atoms with Crippen molar-refractivity contribution in [3.05, 3.63) is 98.5 Å². The van der Waals surface area contributed by atoms with E-state index in [1.165, 1.54) is 23.6 Å². The second-order valence-electron chi connectivity index (χ2n) is 19.8. The van der Waals surface area contributed by atoms with Crippen molar-refractivity contribution in [3.63, 3.8) is 0 Å². The molecule has 2 atom stereocenters. The fourth-order valence-electron chi connectivity index (χ4n) is 10.7. The molecule has 2 unspecified atom stereocenters. The van der Waals surface area contributed by atoms with Gasteiger partial charge in [-0.15, -0.1) is 0 Å². The summed E-state index contributed by atoms with van der Waals surface area (Å²) >= 11 is 7.21. The summed E-state index contributed by atoms with van der Waals surface area (Å²) in [5.41, 5.74) is 7.94. The number of aliphatic hydroxyl groups excluding tert-OH is 1. The normalized spacial score (nSPS) is 18.5. The third-order valence-electron chi connectivity index (χ3n) is 14.1. The zero-order valence-corrected chi connectivity index (χ0v) is 41.6. The molecule has 3 aromatic carbocycles. The predicted molar refractivity (Wildman–Crippen MR) is 263 cm³/mol. The number of carbonyl (C=O) groups excluding carboxylic acids is 5. The molecule has 2 N–H and O–H groups in total. The lowest BCUT2D eigenvalue weighted by Crippen LogP contribution is -2.53. The van der Waals surface area contributed by atoms with E-state index < -0.39 is 41.6 Å². The van der Waals surface area contributed by atoms with Crippen molar-refractivity contribution in [1.29, 1.82) is 0 Å². The number of piperidine rings is 1. The molecular weight excluding hydrogens is 914 g/mol. The number of aromatic nitrogens is 3. The molecule has 5 aromatic rings. The number of aryl methyl sites for hydroxylation is 4. The van der Waals surface area contributed by atoms with E-state index in [9.17, 15) is 29.1 Å². The van der Waals surface area contributed by atoms with Crippen LogP contribution in [0.3, 0.4) is 0 Å². The van der Waals surface area contributed by atoms with Crippen molar-refractivity contribution in [2.45, 2.75) is 110 Å². The van der Waals surface area contributed by atoms with Gasteiger partial charge in [-0.05, 0) is 121 Å². The number of nitrogens with zero attached hydrogens (tertiary/aromatic N) is 6. The second-order valence-corrected chi connectivity index (χ2v) is 20.2. The molecule has 1 aliphatic carbocycles. The average molecular weight is 977 g/mol. The van der Waals surface area contributed by atoms with Crippen molar-refractivity contribution in [1.82, 2.24) is 34.4 Å². The molecule has 5 heterocycles. The summed E-state index contributed by atoms with van der Waals surface area (Å²) in [5, 5.41) is 19.8. The Kier molecular flexibility index (Phi) is 13.9. The van der Waals surface area contributed by atoms with Crippen LogP contribution >= 0.6 is 11.6 Å². The first kappa shape index (κ1) is 48.8. The smallest absolute Gasteiger partial charge is 0.355 e. The first-order valence-electron chi connectivity index (χ1n) is 24.4. The number of fused-ring (bicyclic) bond motifs is 3. The molecule has 2 fully saturated rings. The summed E-state index contributed by atoms with van der Waals surface area (Å²) in [6.45, 7) is 12.7. The van der Waals surface area contributed by atoms with E-state index >= 15 is 0 Å². The van der Waals surface area contributed by atoms with Crippen molar-refractivity contribution >= 4 is 52.1 Å². The maximum absolute atomic E-state index is 14.6. The number of piperazine rings is 1. The molecule has 9 rings (SSSR count). The van der Waals surface area contributed by atoms with E-state index in [-0.39, 0.29) is 42.2 Å². The quantitative estimate of drug-likeness (QED) is 0.0694. The Hall–Kier alpha value is -6.23. The highest BCUT2D eigenvalue weighted by molar-refractivity contribution is 6.35. The maximum Gasteiger partial charge on any atom is 0.355 e. The van der Waals surface area contributed by atoms with Crippen LogP contribution in [0.4, 0.5) is 0 Å². The Bertz CT molecular complexity index is 2890. The highest BCUT2D eigenvalue weighted by atomic mass is 35.5. The molecule has 16 nitrogen and oxygen atoms in total. The van der Waals surface area contributed by atoms with E-state index in [0.717, 1.165) is 68.9 Å². The number of amides is 4. The first-order chi connectivity index (χ1) is 33.5. The molecule has 70 heavy (non-hydrogen) atoms. The summed E-state index contributed by atoms with van der Waals surface area (Å²) in [6.07, 6.45) is 4.28. The number of nitrogens with one attached hydrogen (secondary N) is 1. The van der Waals surface area contributed by atoms with Gasteiger partial charge in [0.2, 0.25) is 11.8 Å². The van der Waals surface area contributed by atoms with Crippen LogP contribution in [0.25, 0.3) is 22.0 Å². The van der Waals surface area contributed by atoms with Crippen LogP contribution in [-0.2, 0) is 52.0 Å². The lowest BCUT2D eigenvalue weighted by atomic mass is 9.91. The number of hydrogen-bond acceptors (Lipinski definition) is 11. The number of carbonyl (C=O) groups is 5. The van der Waals surface area contributed by atoms with Gasteiger partial charge < -0.3 is 28.8 Å². The van der Waals surface area contributed by atoms with Crippen LogP contribution in [0.15, 0.2) is 48.5 Å². The van der Waals surface area contributed by atoms with Crippen LogP contribution in [-0.4, -0.2) is 121 Å². The molecule has 4 amide bonds. The van der Waals surface area contributed by atoms with E-state index in [4.69, 9.17) is 30.9 Å². The number of benzene rings is 3. The third kappa shape index (κ3) is 9.52. The first-order valence-corrected chi connectivity index (χ1v) is 24.8. The molecular formula is C53H62ClN7O9. The van der Waals surface area contributed by atoms with Gasteiger partial charge in [-0.3, -0.25) is 39.0 Å². The van der Waals surface area contributed by atoms with Crippen molar-refractivity contribution in [2.75, 3.05) is 45.9 Å². The molecule has 0 saturated carbocycles.